The Bertz CT molecular complexity index is 644. The number of hydrogen-bond donors (Lipinski definition) is 1. The summed E-state index contributed by atoms with van der Waals surface area (Å²) < 4.78 is 3.98. The number of hydrogen-bond acceptors (Lipinski definition) is 3. The van der Waals surface area contributed by atoms with E-state index in [1.807, 2.05) is 36.6 Å². The van der Waals surface area contributed by atoms with Crippen LogP contribution < -0.4 is 5.32 Å². The highest BCUT2D eigenvalue weighted by Crippen LogP contribution is 2.26. The second kappa shape index (κ2) is 7.99. The van der Waals surface area contributed by atoms with Gasteiger partial charge in [0.25, 0.3) is 0 Å². The molecule has 2 aromatic rings. The summed E-state index contributed by atoms with van der Waals surface area (Å²) >= 11 is 0. The van der Waals surface area contributed by atoms with Crippen LogP contribution in [0.25, 0.3) is 0 Å². The van der Waals surface area contributed by atoms with Crippen molar-refractivity contribution in [2.24, 2.45) is 12.0 Å². The lowest BCUT2D eigenvalue weighted by molar-refractivity contribution is 0.484. The quantitative estimate of drug-likeness (QED) is 0.495. The number of aliphatic imine (C=N–C) groups is 1. The van der Waals surface area contributed by atoms with E-state index in [-0.39, 0.29) is 0 Å². The van der Waals surface area contributed by atoms with Crippen LogP contribution in [0, 0.1) is 0 Å². The summed E-state index contributed by atoms with van der Waals surface area (Å²) in [6.07, 6.45) is 12.0. The molecule has 1 aliphatic rings. The summed E-state index contributed by atoms with van der Waals surface area (Å²) in [5, 5.41) is 7.73. The van der Waals surface area contributed by atoms with Crippen LogP contribution in [0.15, 0.2) is 36.1 Å². The number of nitrogens with zero attached hydrogens (tertiary/aromatic N) is 6. The van der Waals surface area contributed by atoms with Gasteiger partial charge in [0.1, 0.15) is 0 Å². The van der Waals surface area contributed by atoms with Crippen molar-refractivity contribution < 1.29 is 0 Å². The third-order valence-corrected chi connectivity index (χ3v) is 4.41. The van der Waals surface area contributed by atoms with Crippen LogP contribution in [0.1, 0.15) is 31.2 Å². The van der Waals surface area contributed by atoms with Crippen molar-refractivity contribution >= 4 is 5.96 Å². The van der Waals surface area contributed by atoms with Crippen molar-refractivity contribution in [1.29, 1.82) is 0 Å². The van der Waals surface area contributed by atoms with Gasteiger partial charge in [0, 0.05) is 64.3 Å². The predicted molar refractivity (Wildman–Crippen MR) is 95.0 cm³/mol. The molecule has 0 radical (unpaired) electrons. The maximum absolute atomic E-state index is 4.81. The van der Waals surface area contributed by atoms with Crippen LogP contribution in [-0.2, 0) is 13.6 Å². The average Bonchev–Trinajstić information content (AvgIpc) is 3.31. The molecule has 7 nitrogen and oxygen atoms in total. The molecule has 1 aliphatic heterocycles. The molecule has 1 saturated heterocycles. The highest BCUT2D eigenvalue weighted by atomic mass is 15.3. The Labute approximate surface area is 143 Å². The molecule has 1 fully saturated rings. The molecule has 0 bridgehead atoms. The van der Waals surface area contributed by atoms with Crippen molar-refractivity contribution in [2.45, 2.75) is 32.2 Å². The largest absolute Gasteiger partial charge is 0.357 e. The Balaban J connectivity index is 1.53. The van der Waals surface area contributed by atoms with Crippen molar-refractivity contribution in [3.63, 3.8) is 0 Å². The van der Waals surface area contributed by atoms with Crippen LogP contribution in [0.3, 0.4) is 0 Å². The highest BCUT2D eigenvalue weighted by molar-refractivity contribution is 5.80. The minimum Gasteiger partial charge on any atom is -0.357 e. The van der Waals surface area contributed by atoms with Gasteiger partial charge in [0.05, 0.1) is 12.5 Å². The molecule has 0 aromatic carbocycles. The Kier molecular flexibility index (Phi) is 5.51. The second-order valence-corrected chi connectivity index (χ2v) is 6.27. The Hall–Kier alpha value is -2.31. The fourth-order valence-corrected chi connectivity index (χ4v) is 3.16. The van der Waals surface area contributed by atoms with Crippen LogP contribution >= 0.6 is 0 Å². The zero-order chi connectivity index (χ0) is 16.8. The average molecular weight is 329 g/mol. The number of nitrogens with one attached hydrogen (secondary N) is 1. The zero-order valence-corrected chi connectivity index (χ0v) is 14.6. The van der Waals surface area contributed by atoms with E-state index >= 15 is 0 Å². The molecule has 0 saturated carbocycles. The third kappa shape index (κ3) is 4.15. The molecule has 0 spiro atoms. The summed E-state index contributed by atoms with van der Waals surface area (Å²) in [7, 11) is 1.97. The fraction of sp³-hybridized carbons (Fsp3) is 0.588. The van der Waals surface area contributed by atoms with E-state index in [1.54, 1.807) is 0 Å². The molecule has 0 amide bonds. The van der Waals surface area contributed by atoms with Gasteiger partial charge in [-0.2, -0.15) is 5.10 Å². The fourth-order valence-electron chi connectivity index (χ4n) is 3.16. The van der Waals surface area contributed by atoms with Gasteiger partial charge in [-0.3, -0.25) is 9.67 Å². The molecule has 1 atom stereocenters. The van der Waals surface area contributed by atoms with E-state index in [4.69, 9.17) is 4.99 Å². The SMILES string of the molecule is CCNC(=NCCCn1ccnc1)N1CCC(c2cnn(C)c2)C1. The van der Waals surface area contributed by atoms with Crippen LogP contribution in [0.5, 0.6) is 0 Å². The maximum atomic E-state index is 4.81. The van der Waals surface area contributed by atoms with Crippen molar-refractivity contribution in [2.75, 3.05) is 26.2 Å². The Morgan fingerprint density at radius 1 is 1.46 bits per heavy atom. The number of aromatic nitrogens is 4. The molecule has 2 aromatic heterocycles. The molecule has 7 heteroatoms. The summed E-state index contributed by atoms with van der Waals surface area (Å²) in [5.41, 5.74) is 1.33. The van der Waals surface area contributed by atoms with Gasteiger partial charge in [-0.25, -0.2) is 4.98 Å². The zero-order valence-electron chi connectivity index (χ0n) is 14.6. The first kappa shape index (κ1) is 16.5. The predicted octanol–water partition coefficient (Wildman–Crippen LogP) is 1.46. The molecular formula is C17H27N7. The first-order chi connectivity index (χ1) is 11.8. The third-order valence-electron chi connectivity index (χ3n) is 4.41. The van der Waals surface area contributed by atoms with Gasteiger partial charge >= 0.3 is 0 Å². The van der Waals surface area contributed by atoms with Crippen molar-refractivity contribution in [3.05, 3.63) is 36.7 Å². The molecule has 3 heterocycles. The first-order valence-corrected chi connectivity index (χ1v) is 8.74. The van der Waals surface area contributed by atoms with Crippen molar-refractivity contribution in [1.82, 2.24) is 29.5 Å². The van der Waals surface area contributed by atoms with Gasteiger partial charge in [0.15, 0.2) is 5.96 Å². The molecule has 1 unspecified atom stereocenters. The maximum Gasteiger partial charge on any atom is 0.193 e. The smallest absolute Gasteiger partial charge is 0.193 e. The van der Waals surface area contributed by atoms with Crippen LogP contribution in [-0.4, -0.2) is 56.4 Å². The van der Waals surface area contributed by atoms with E-state index in [1.165, 1.54) is 5.56 Å². The normalized spacial score (nSPS) is 18.3. The Morgan fingerprint density at radius 3 is 3.08 bits per heavy atom. The minimum absolute atomic E-state index is 0.550. The molecule has 3 rings (SSSR count). The van der Waals surface area contributed by atoms with E-state index in [9.17, 15) is 0 Å². The summed E-state index contributed by atoms with van der Waals surface area (Å²) in [4.78, 5) is 11.2. The highest BCUT2D eigenvalue weighted by Gasteiger charge is 2.26. The molecule has 24 heavy (non-hydrogen) atoms. The lowest BCUT2D eigenvalue weighted by Crippen LogP contribution is -2.40. The van der Waals surface area contributed by atoms with Crippen LogP contribution in [0.2, 0.25) is 0 Å². The second-order valence-electron chi connectivity index (χ2n) is 6.27. The number of guanidine groups is 1. The Morgan fingerprint density at radius 2 is 2.38 bits per heavy atom. The van der Waals surface area contributed by atoms with Gasteiger partial charge in [-0.15, -0.1) is 0 Å². The first-order valence-electron chi connectivity index (χ1n) is 8.74. The van der Waals surface area contributed by atoms with E-state index in [0.717, 1.165) is 51.5 Å². The monoisotopic (exact) mass is 329 g/mol. The number of rotatable bonds is 6. The van der Waals surface area contributed by atoms with Gasteiger partial charge < -0.3 is 14.8 Å². The minimum atomic E-state index is 0.550. The number of aryl methyl sites for hydroxylation is 2. The van der Waals surface area contributed by atoms with E-state index in [2.05, 4.69) is 38.0 Å². The molecule has 0 aliphatic carbocycles. The summed E-state index contributed by atoms with van der Waals surface area (Å²) in [6, 6.07) is 0. The summed E-state index contributed by atoms with van der Waals surface area (Å²) in [5.74, 6) is 1.59. The lowest BCUT2D eigenvalue weighted by atomic mass is 10.0. The van der Waals surface area contributed by atoms with E-state index in [0.29, 0.717) is 5.92 Å². The van der Waals surface area contributed by atoms with Gasteiger partial charge in [0.2, 0.25) is 0 Å². The molecular weight excluding hydrogens is 302 g/mol. The van der Waals surface area contributed by atoms with E-state index < -0.39 is 0 Å². The van der Waals surface area contributed by atoms with Crippen LogP contribution in [0.4, 0.5) is 0 Å². The lowest BCUT2D eigenvalue weighted by Gasteiger charge is -2.21. The topological polar surface area (TPSA) is 63.3 Å². The summed E-state index contributed by atoms with van der Waals surface area (Å²) in [6.45, 7) is 6.87. The number of likely N-dealkylation sites (tertiary alicyclic amines) is 1. The van der Waals surface area contributed by atoms with Gasteiger partial charge in [-0.05, 0) is 25.3 Å². The number of imidazole rings is 1. The van der Waals surface area contributed by atoms with Gasteiger partial charge in [-0.1, -0.05) is 0 Å². The van der Waals surface area contributed by atoms with Crippen molar-refractivity contribution in [3.8, 4) is 0 Å². The molecule has 1 N–H and O–H groups in total. The molecule has 130 valence electrons. The standard InChI is InChI=1S/C17H27N7/c1-3-19-17(20-6-4-8-23-10-7-18-14-23)24-9-5-15(13-24)16-11-21-22(2)12-16/h7,10-12,14-15H,3-6,8-9,13H2,1-2H3,(H,19,20).